The van der Waals surface area contributed by atoms with Gasteiger partial charge in [-0.15, -0.1) is 0 Å². The van der Waals surface area contributed by atoms with E-state index >= 15 is 0 Å². The molecule has 0 radical (unpaired) electrons. The van der Waals surface area contributed by atoms with Crippen molar-refractivity contribution in [2.24, 2.45) is 0 Å². The second-order valence-corrected chi connectivity index (χ2v) is 4.73. The molecule has 0 amide bonds. The summed E-state index contributed by atoms with van der Waals surface area (Å²) in [6.45, 7) is 4.11. The Morgan fingerprint density at radius 1 is 1.37 bits per heavy atom. The number of fused-ring (bicyclic) bond motifs is 1. The van der Waals surface area contributed by atoms with E-state index in [1.165, 1.54) is 5.56 Å². The van der Waals surface area contributed by atoms with Crippen molar-refractivity contribution in [2.75, 3.05) is 13.2 Å². The summed E-state index contributed by atoms with van der Waals surface area (Å²) in [5, 5.41) is 7.25. The SMILES string of the molecule is Cc1nc(CNCC2CCOc3ccccc32)no1. The Labute approximate surface area is 112 Å². The number of aryl methyl sites for hydroxylation is 1. The number of hydrogen-bond acceptors (Lipinski definition) is 5. The van der Waals surface area contributed by atoms with E-state index in [9.17, 15) is 0 Å². The lowest BCUT2D eigenvalue weighted by Crippen LogP contribution is -2.26. The molecule has 1 aliphatic rings. The third kappa shape index (κ3) is 2.76. The van der Waals surface area contributed by atoms with Crippen molar-refractivity contribution in [2.45, 2.75) is 25.8 Å². The predicted octanol–water partition coefficient (Wildman–Crippen LogP) is 2.03. The Kier molecular flexibility index (Phi) is 3.46. The van der Waals surface area contributed by atoms with Crippen LogP contribution in [0.4, 0.5) is 0 Å². The fraction of sp³-hybridized carbons (Fsp3) is 0.429. The van der Waals surface area contributed by atoms with Gasteiger partial charge in [-0.05, 0) is 18.1 Å². The van der Waals surface area contributed by atoms with Gasteiger partial charge in [0.25, 0.3) is 0 Å². The molecule has 100 valence electrons. The summed E-state index contributed by atoms with van der Waals surface area (Å²) in [5.41, 5.74) is 1.28. The van der Waals surface area contributed by atoms with Crippen LogP contribution in [0.3, 0.4) is 0 Å². The van der Waals surface area contributed by atoms with E-state index in [1.54, 1.807) is 6.92 Å². The minimum atomic E-state index is 0.484. The van der Waals surface area contributed by atoms with Crippen molar-refractivity contribution in [3.63, 3.8) is 0 Å². The van der Waals surface area contributed by atoms with Crippen LogP contribution in [0.1, 0.15) is 29.6 Å². The highest BCUT2D eigenvalue weighted by atomic mass is 16.5. The van der Waals surface area contributed by atoms with Gasteiger partial charge >= 0.3 is 0 Å². The van der Waals surface area contributed by atoms with Gasteiger partial charge in [0, 0.05) is 19.4 Å². The Morgan fingerprint density at radius 2 is 2.26 bits per heavy atom. The molecule has 2 aromatic rings. The smallest absolute Gasteiger partial charge is 0.223 e. The molecular weight excluding hydrogens is 242 g/mol. The zero-order valence-electron chi connectivity index (χ0n) is 10.9. The van der Waals surface area contributed by atoms with Gasteiger partial charge < -0.3 is 14.6 Å². The average molecular weight is 259 g/mol. The topological polar surface area (TPSA) is 60.2 Å². The second kappa shape index (κ2) is 5.40. The van der Waals surface area contributed by atoms with Crippen LogP contribution in [0.5, 0.6) is 5.75 Å². The number of ether oxygens (including phenoxy) is 1. The van der Waals surface area contributed by atoms with Crippen LogP contribution in [0.25, 0.3) is 0 Å². The number of aromatic nitrogens is 2. The first-order chi connectivity index (χ1) is 9.33. The van der Waals surface area contributed by atoms with Gasteiger partial charge in [-0.1, -0.05) is 23.4 Å². The molecule has 1 unspecified atom stereocenters. The normalized spacial score (nSPS) is 17.8. The van der Waals surface area contributed by atoms with Gasteiger partial charge in [0.1, 0.15) is 5.75 Å². The fourth-order valence-corrected chi connectivity index (χ4v) is 2.40. The van der Waals surface area contributed by atoms with Crippen LogP contribution in [0.15, 0.2) is 28.8 Å². The van der Waals surface area contributed by atoms with Crippen molar-refractivity contribution in [1.29, 1.82) is 0 Å². The maximum atomic E-state index is 5.65. The van der Waals surface area contributed by atoms with Gasteiger partial charge in [0.15, 0.2) is 5.82 Å². The number of benzene rings is 1. The number of nitrogens with one attached hydrogen (secondary N) is 1. The molecule has 5 nitrogen and oxygen atoms in total. The Bertz CT molecular complexity index is 553. The van der Waals surface area contributed by atoms with Crippen LogP contribution in [0, 0.1) is 6.92 Å². The molecule has 0 spiro atoms. The van der Waals surface area contributed by atoms with Crippen LogP contribution in [-0.4, -0.2) is 23.3 Å². The monoisotopic (exact) mass is 259 g/mol. The molecule has 1 aliphatic heterocycles. The lowest BCUT2D eigenvalue weighted by Gasteiger charge is -2.25. The molecule has 0 saturated carbocycles. The molecule has 5 heteroatoms. The Balaban J connectivity index is 1.59. The van der Waals surface area contributed by atoms with Crippen LogP contribution in [0.2, 0.25) is 0 Å². The molecule has 1 aromatic carbocycles. The van der Waals surface area contributed by atoms with Gasteiger partial charge in [-0.2, -0.15) is 4.98 Å². The van der Waals surface area contributed by atoms with E-state index in [1.807, 2.05) is 12.1 Å². The average Bonchev–Trinajstić information content (AvgIpc) is 2.85. The highest BCUT2D eigenvalue weighted by Crippen LogP contribution is 2.32. The summed E-state index contributed by atoms with van der Waals surface area (Å²) in [4.78, 5) is 4.17. The molecule has 0 fully saturated rings. The first kappa shape index (κ1) is 12.2. The summed E-state index contributed by atoms with van der Waals surface area (Å²) < 4.78 is 10.6. The molecule has 0 aliphatic carbocycles. The molecule has 3 rings (SSSR count). The standard InChI is InChI=1S/C14H17N3O2/c1-10-16-14(17-19-10)9-15-8-11-6-7-18-13-5-3-2-4-12(11)13/h2-5,11,15H,6-9H2,1H3. The lowest BCUT2D eigenvalue weighted by molar-refractivity contribution is 0.264. The third-order valence-electron chi connectivity index (χ3n) is 3.33. The lowest BCUT2D eigenvalue weighted by atomic mass is 9.93. The van der Waals surface area contributed by atoms with E-state index in [4.69, 9.17) is 9.26 Å². The largest absolute Gasteiger partial charge is 0.493 e. The van der Waals surface area contributed by atoms with E-state index in [2.05, 4.69) is 27.6 Å². The zero-order chi connectivity index (χ0) is 13.1. The van der Waals surface area contributed by atoms with Crippen LogP contribution in [-0.2, 0) is 6.54 Å². The molecule has 2 heterocycles. The maximum Gasteiger partial charge on any atom is 0.223 e. The van der Waals surface area contributed by atoms with E-state index in [0.29, 0.717) is 24.2 Å². The molecule has 1 N–H and O–H groups in total. The summed E-state index contributed by atoms with van der Waals surface area (Å²) in [6, 6.07) is 8.24. The Morgan fingerprint density at radius 3 is 3.11 bits per heavy atom. The second-order valence-electron chi connectivity index (χ2n) is 4.73. The summed E-state index contributed by atoms with van der Waals surface area (Å²) in [7, 11) is 0. The highest BCUT2D eigenvalue weighted by Gasteiger charge is 2.20. The highest BCUT2D eigenvalue weighted by molar-refractivity contribution is 5.37. The first-order valence-corrected chi connectivity index (χ1v) is 6.54. The summed E-state index contributed by atoms with van der Waals surface area (Å²) >= 11 is 0. The zero-order valence-corrected chi connectivity index (χ0v) is 10.9. The van der Waals surface area contributed by atoms with Crippen LogP contribution >= 0.6 is 0 Å². The van der Waals surface area contributed by atoms with Crippen molar-refractivity contribution in [3.05, 3.63) is 41.5 Å². The number of para-hydroxylation sites is 1. The molecule has 19 heavy (non-hydrogen) atoms. The first-order valence-electron chi connectivity index (χ1n) is 6.54. The number of nitrogens with zero attached hydrogens (tertiary/aromatic N) is 2. The summed E-state index contributed by atoms with van der Waals surface area (Å²) in [6.07, 6.45) is 1.04. The molecular formula is C14H17N3O2. The van der Waals surface area contributed by atoms with Crippen molar-refractivity contribution in [1.82, 2.24) is 15.5 Å². The fourth-order valence-electron chi connectivity index (χ4n) is 2.40. The minimum Gasteiger partial charge on any atom is -0.493 e. The van der Waals surface area contributed by atoms with E-state index in [0.717, 1.165) is 25.3 Å². The van der Waals surface area contributed by atoms with E-state index < -0.39 is 0 Å². The van der Waals surface area contributed by atoms with Crippen molar-refractivity contribution >= 4 is 0 Å². The number of hydrogen-bond donors (Lipinski definition) is 1. The van der Waals surface area contributed by atoms with Gasteiger partial charge in [0.05, 0.1) is 13.2 Å². The Hall–Kier alpha value is -1.88. The predicted molar refractivity (Wildman–Crippen MR) is 70.0 cm³/mol. The third-order valence-corrected chi connectivity index (χ3v) is 3.33. The molecule has 0 bridgehead atoms. The molecule has 0 saturated heterocycles. The summed E-state index contributed by atoms with van der Waals surface area (Å²) in [5.74, 6) is 2.81. The van der Waals surface area contributed by atoms with Crippen molar-refractivity contribution < 1.29 is 9.26 Å². The van der Waals surface area contributed by atoms with Gasteiger partial charge in [-0.25, -0.2) is 0 Å². The maximum absolute atomic E-state index is 5.65. The van der Waals surface area contributed by atoms with E-state index in [-0.39, 0.29) is 0 Å². The quantitative estimate of drug-likeness (QED) is 0.910. The number of rotatable bonds is 4. The van der Waals surface area contributed by atoms with Gasteiger partial charge in [0.2, 0.25) is 5.89 Å². The minimum absolute atomic E-state index is 0.484. The van der Waals surface area contributed by atoms with Gasteiger partial charge in [-0.3, -0.25) is 0 Å². The van der Waals surface area contributed by atoms with Crippen LogP contribution < -0.4 is 10.1 Å². The molecule has 1 aromatic heterocycles. The molecule has 1 atom stereocenters. The van der Waals surface area contributed by atoms with Crippen molar-refractivity contribution in [3.8, 4) is 5.75 Å².